The first kappa shape index (κ1) is 39.4. The van der Waals surface area contributed by atoms with Crippen molar-refractivity contribution in [1.82, 2.24) is 10.6 Å². The van der Waals surface area contributed by atoms with Crippen LogP contribution in [0.2, 0.25) is 0 Å². The van der Waals surface area contributed by atoms with Gasteiger partial charge in [0.05, 0.1) is 36.7 Å². The summed E-state index contributed by atoms with van der Waals surface area (Å²) in [7, 11) is 0. The largest absolute Gasteiger partial charge is 0.447 e. The van der Waals surface area contributed by atoms with E-state index in [4.69, 9.17) is 24.7 Å². The Kier molecular flexibility index (Phi) is 34.1. The Morgan fingerprint density at radius 2 is 1.12 bits per heavy atom. The Hall–Kier alpha value is -0.580. The van der Waals surface area contributed by atoms with Gasteiger partial charge in [0.25, 0.3) is 0 Å². The van der Waals surface area contributed by atoms with E-state index in [2.05, 4.69) is 35.1 Å². The normalized spacial score (nSPS) is 11.2. The Morgan fingerprint density at radius 3 is 1.73 bits per heavy atom. The van der Waals surface area contributed by atoms with E-state index in [1.807, 2.05) is 0 Å². The van der Waals surface area contributed by atoms with E-state index in [-0.39, 0.29) is 32.4 Å². The maximum absolute atomic E-state index is 11.6. The van der Waals surface area contributed by atoms with E-state index >= 15 is 0 Å². The second-order valence-electron chi connectivity index (χ2n) is 6.31. The van der Waals surface area contributed by atoms with Gasteiger partial charge in [0.15, 0.2) is 0 Å². The van der Waals surface area contributed by atoms with Crippen molar-refractivity contribution in [3.05, 3.63) is 0 Å². The molecule has 0 rings (SSSR count). The fraction of sp³-hybridized carbons (Fsp3) is 0.800. The maximum atomic E-state index is 11.6. The van der Waals surface area contributed by atoms with E-state index in [9.17, 15) is 9.59 Å². The quantitative estimate of drug-likeness (QED) is 0.0225. The molecular weight excluding hydrogens is 649 g/mol. The molecule has 2 amide bonds. The molecule has 0 aliphatic carbocycles. The first-order valence-corrected chi connectivity index (χ1v) is 18.7. The smallest absolute Gasteiger partial charge is 0.408 e. The first-order chi connectivity index (χ1) is 19.7. The molecule has 234 valence electrons. The highest BCUT2D eigenvalue weighted by Gasteiger charge is 2.02. The van der Waals surface area contributed by atoms with Crippen LogP contribution in [0, 0.1) is 0 Å². The van der Waals surface area contributed by atoms with Crippen LogP contribution < -0.4 is 10.6 Å². The number of nitrogens with zero attached hydrogens (tertiary/aromatic N) is 2. The fourth-order valence-corrected chi connectivity index (χ4v) is 6.43. The summed E-state index contributed by atoms with van der Waals surface area (Å²) in [5.74, 6) is 7.72. The summed E-state index contributed by atoms with van der Waals surface area (Å²) >= 11 is 9.44. The summed E-state index contributed by atoms with van der Waals surface area (Å²) in [6, 6.07) is 0. The molecule has 0 saturated heterocycles. The van der Waals surface area contributed by atoms with Crippen molar-refractivity contribution in [3.63, 3.8) is 0 Å². The summed E-state index contributed by atoms with van der Waals surface area (Å²) in [6.07, 6.45) is 1.49. The zero-order chi connectivity index (χ0) is 29.2. The summed E-state index contributed by atoms with van der Waals surface area (Å²) in [4.78, 5) is 49.8. The third-order valence-electron chi connectivity index (χ3n) is 3.36. The molecule has 0 aromatic carbocycles. The summed E-state index contributed by atoms with van der Waals surface area (Å²) in [5.41, 5.74) is 0. The van der Waals surface area contributed by atoms with Gasteiger partial charge >= 0.3 is 12.2 Å². The molecule has 0 radical (unpaired) electrons. The molecule has 0 aliphatic heterocycles. The Bertz CT molecular complexity index is 647. The second kappa shape index (κ2) is 34.6. The highest BCUT2D eigenvalue weighted by molar-refractivity contribution is 8.03. The molecule has 14 nitrogen and oxygen atoms in total. The van der Waals surface area contributed by atoms with Gasteiger partial charge in [-0.05, 0) is 0 Å². The number of aliphatic imine (C=N–C) groups is 2. The van der Waals surface area contributed by atoms with Gasteiger partial charge in [-0.3, -0.25) is 0 Å². The third kappa shape index (κ3) is 33.6. The predicted molar refractivity (Wildman–Crippen MR) is 168 cm³/mol. The van der Waals surface area contributed by atoms with Gasteiger partial charge in [-0.15, -0.1) is 70.6 Å². The highest BCUT2D eigenvalue weighted by Crippen LogP contribution is 2.09. The third-order valence-corrected chi connectivity index (χ3v) is 9.00. The van der Waals surface area contributed by atoms with Crippen molar-refractivity contribution in [2.45, 2.75) is 0 Å². The standard InChI is InChI=1S/C20H38N4O10S6/c25-1-3-29-19(27)23-15-37-7-5-36-14-22-12-33-34-18-40-10-9-39-17-30-20(28)24-16-38-8-6-35-13-21-11-32-31-4-2-26/h11-12,25-26H,1-10,13-18H2,(H,23,27)(H,24,28). The van der Waals surface area contributed by atoms with E-state index in [1.165, 1.54) is 24.6 Å². The number of hydrogen-bond donors (Lipinski definition) is 4. The molecule has 40 heavy (non-hydrogen) atoms. The Labute approximate surface area is 260 Å². The van der Waals surface area contributed by atoms with Gasteiger partial charge in [0.1, 0.15) is 25.1 Å². The average molecular weight is 687 g/mol. The van der Waals surface area contributed by atoms with Crippen molar-refractivity contribution in [3.8, 4) is 0 Å². The molecule has 0 bridgehead atoms. The number of thioether (sulfide) groups is 6. The van der Waals surface area contributed by atoms with Crippen LogP contribution in [-0.2, 0) is 29.0 Å². The number of carbonyl (C=O) groups excluding carboxylic acids is 2. The number of nitrogens with one attached hydrogen (secondary N) is 2. The lowest BCUT2D eigenvalue weighted by Crippen LogP contribution is -2.25. The van der Waals surface area contributed by atoms with Crippen LogP contribution >= 0.6 is 70.6 Å². The average Bonchev–Trinajstić information content (AvgIpc) is 2.96. The van der Waals surface area contributed by atoms with Gasteiger partial charge in [-0.1, -0.05) is 0 Å². The van der Waals surface area contributed by atoms with Crippen LogP contribution in [0.5, 0.6) is 0 Å². The Balaban J connectivity index is 3.26. The van der Waals surface area contributed by atoms with Crippen molar-refractivity contribution in [1.29, 1.82) is 0 Å². The van der Waals surface area contributed by atoms with Crippen molar-refractivity contribution < 1.29 is 48.8 Å². The highest BCUT2D eigenvalue weighted by atomic mass is 32.2. The van der Waals surface area contributed by atoms with E-state index in [0.29, 0.717) is 29.4 Å². The number of aliphatic hydroxyl groups excluding tert-OH is 2. The first-order valence-electron chi connectivity index (χ1n) is 11.7. The van der Waals surface area contributed by atoms with Crippen molar-refractivity contribution >= 4 is 95.6 Å². The van der Waals surface area contributed by atoms with E-state index in [1.54, 1.807) is 58.8 Å². The minimum absolute atomic E-state index is 0.00585. The topological polar surface area (TPSA) is 179 Å². The molecule has 0 saturated carbocycles. The molecule has 20 heteroatoms. The molecule has 4 N–H and O–H groups in total. The van der Waals surface area contributed by atoms with Crippen LogP contribution in [0.4, 0.5) is 9.59 Å². The van der Waals surface area contributed by atoms with Crippen LogP contribution in [-0.4, -0.2) is 132 Å². The van der Waals surface area contributed by atoms with E-state index < -0.39 is 12.2 Å². The maximum Gasteiger partial charge on any atom is 0.408 e. The van der Waals surface area contributed by atoms with Crippen LogP contribution in [0.1, 0.15) is 0 Å². The summed E-state index contributed by atoms with van der Waals surface area (Å²) in [5, 5.41) is 22.3. The predicted octanol–water partition coefficient (Wildman–Crippen LogP) is 2.52. The monoisotopic (exact) mass is 686 g/mol. The minimum Gasteiger partial charge on any atom is -0.447 e. The number of carbonyl (C=O) groups is 2. The molecule has 0 aliphatic rings. The fourth-order valence-electron chi connectivity index (χ4n) is 1.74. The number of amides is 2. The molecule has 0 aromatic rings. The van der Waals surface area contributed by atoms with Gasteiger partial charge in [-0.25, -0.2) is 19.6 Å². The summed E-state index contributed by atoms with van der Waals surface area (Å²) in [6.45, 7) is -0.197. The number of aliphatic hydroxyl groups is 2. The zero-order valence-electron chi connectivity index (χ0n) is 22.0. The van der Waals surface area contributed by atoms with Crippen molar-refractivity contribution in [2.24, 2.45) is 9.98 Å². The lowest BCUT2D eigenvalue weighted by Gasteiger charge is -2.06. The molecule has 0 atom stereocenters. The molecule has 0 unspecified atom stereocenters. The molecular formula is C20H38N4O10S6. The minimum atomic E-state index is -0.533. The molecule has 0 aromatic heterocycles. The number of rotatable bonds is 29. The Morgan fingerprint density at radius 1 is 0.625 bits per heavy atom. The van der Waals surface area contributed by atoms with Gasteiger partial charge in [-0.2, -0.15) is 9.78 Å². The van der Waals surface area contributed by atoms with Gasteiger partial charge < -0.3 is 40.1 Å². The van der Waals surface area contributed by atoms with Crippen LogP contribution in [0.3, 0.4) is 0 Å². The molecule has 0 heterocycles. The molecule has 0 fully saturated rings. The number of alkyl carbamates (subject to hydrolysis) is 2. The molecule has 0 spiro atoms. The van der Waals surface area contributed by atoms with Gasteiger partial charge in [0.2, 0.25) is 12.8 Å². The SMILES string of the molecule is O=C(NCSCCSCN=COOCSCCSCOC(=O)NCSCCSCN=COOCCO)OCCO. The van der Waals surface area contributed by atoms with Crippen LogP contribution in [0.15, 0.2) is 9.98 Å². The lowest BCUT2D eigenvalue weighted by atomic mass is 10.8. The number of ether oxygens (including phenoxy) is 2. The van der Waals surface area contributed by atoms with Crippen LogP contribution in [0.25, 0.3) is 0 Å². The van der Waals surface area contributed by atoms with Crippen molar-refractivity contribution in [2.75, 3.05) is 96.3 Å². The van der Waals surface area contributed by atoms with E-state index in [0.717, 1.165) is 34.5 Å². The summed E-state index contributed by atoms with van der Waals surface area (Å²) < 4.78 is 9.77. The van der Waals surface area contributed by atoms with Gasteiger partial charge in [0, 0.05) is 34.5 Å². The second-order valence-corrected chi connectivity index (χ2v) is 12.8. The number of hydrogen-bond acceptors (Lipinski definition) is 18. The zero-order valence-corrected chi connectivity index (χ0v) is 26.9. The lowest BCUT2D eigenvalue weighted by molar-refractivity contribution is -0.221.